The number of phenolic OH excluding ortho intramolecular Hbond substituents is 1. The number of fused-ring (bicyclic) bond motifs is 2. The summed E-state index contributed by atoms with van der Waals surface area (Å²) in [7, 11) is 0. The number of carbonyl (C=O) groups excluding carboxylic acids is 1. The molecule has 10 heteroatoms. The molecule has 1 saturated carbocycles. The van der Waals surface area contributed by atoms with E-state index < -0.39 is 17.9 Å². The minimum atomic E-state index is -1.21. The van der Waals surface area contributed by atoms with Crippen LogP contribution in [0.2, 0.25) is 0 Å². The Morgan fingerprint density at radius 3 is 2.60 bits per heavy atom. The van der Waals surface area contributed by atoms with Crippen LogP contribution in [0.1, 0.15) is 59.8 Å². The Labute approximate surface area is 228 Å². The molecule has 0 aliphatic heterocycles. The Balaban J connectivity index is 1.32. The van der Waals surface area contributed by atoms with Gasteiger partial charge in [-0.15, -0.1) is 0 Å². The van der Waals surface area contributed by atoms with E-state index in [1.807, 2.05) is 0 Å². The number of H-pyrrole nitrogens is 1. The first kappa shape index (κ1) is 25.5. The normalized spacial score (nSPS) is 14.9. The fourth-order valence-corrected chi connectivity index (χ4v) is 5.68. The van der Waals surface area contributed by atoms with E-state index in [0.29, 0.717) is 11.3 Å². The lowest BCUT2D eigenvalue weighted by molar-refractivity contribution is -0.139. The summed E-state index contributed by atoms with van der Waals surface area (Å²) in [6.07, 6.45) is 8.40. The van der Waals surface area contributed by atoms with Crippen molar-refractivity contribution in [3.63, 3.8) is 0 Å². The van der Waals surface area contributed by atoms with Gasteiger partial charge in [0.2, 0.25) is 0 Å². The van der Waals surface area contributed by atoms with Gasteiger partial charge in [0, 0.05) is 40.7 Å². The van der Waals surface area contributed by atoms with Gasteiger partial charge in [-0.05, 0) is 54.8 Å². The molecule has 9 nitrogen and oxygen atoms in total. The molecule has 1 amide bonds. The van der Waals surface area contributed by atoms with Crippen molar-refractivity contribution in [3.05, 3.63) is 83.7 Å². The van der Waals surface area contributed by atoms with E-state index in [9.17, 15) is 24.2 Å². The van der Waals surface area contributed by atoms with Crippen molar-refractivity contribution in [2.75, 3.05) is 0 Å². The molecule has 2 aromatic carbocycles. The largest absolute Gasteiger partial charge is 0.508 e. The first-order valence-corrected chi connectivity index (χ1v) is 13.3. The summed E-state index contributed by atoms with van der Waals surface area (Å²) in [5, 5.41) is 27.5. The highest BCUT2D eigenvalue weighted by atomic mass is 19.1. The van der Waals surface area contributed by atoms with Crippen molar-refractivity contribution in [2.24, 2.45) is 0 Å². The third-order valence-electron chi connectivity index (χ3n) is 7.64. The van der Waals surface area contributed by atoms with E-state index in [-0.39, 0.29) is 29.5 Å². The predicted octanol–water partition coefficient (Wildman–Crippen LogP) is 5.20. The van der Waals surface area contributed by atoms with E-state index >= 15 is 0 Å². The van der Waals surface area contributed by atoms with Crippen LogP contribution >= 0.6 is 0 Å². The van der Waals surface area contributed by atoms with Crippen molar-refractivity contribution >= 4 is 28.4 Å². The number of nitrogens with one attached hydrogen (secondary N) is 2. The standard InChI is InChI=1S/C30H28FN5O4/c31-20-8-6-17(7-9-20)23-15-32-28-24(16-33-36(28)27(23)18-4-2-1-3-5-18)29(38)35-26(30(39)40)14-21-12-19-13-22(37)10-11-25(19)34-21/h6-13,15-16,18,26,34,37H,1-5,14H2,(H,35,38)(H,39,40)/t26-/m0/s1. The number of aromatic amines is 1. The number of carbonyl (C=O) groups is 2. The lowest BCUT2D eigenvalue weighted by atomic mass is 9.84. The summed E-state index contributed by atoms with van der Waals surface area (Å²) in [6.45, 7) is 0. The smallest absolute Gasteiger partial charge is 0.326 e. The number of benzene rings is 2. The van der Waals surface area contributed by atoms with E-state index in [4.69, 9.17) is 0 Å². The number of carboxylic acid groups (broad SMARTS) is 1. The molecule has 4 N–H and O–H groups in total. The van der Waals surface area contributed by atoms with Gasteiger partial charge in [-0.1, -0.05) is 31.4 Å². The summed E-state index contributed by atoms with van der Waals surface area (Å²) >= 11 is 0. The maximum Gasteiger partial charge on any atom is 0.326 e. The van der Waals surface area contributed by atoms with E-state index in [0.717, 1.165) is 59.8 Å². The van der Waals surface area contributed by atoms with Crippen molar-refractivity contribution in [1.82, 2.24) is 24.9 Å². The molecule has 0 bridgehead atoms. The van der Waals surface area contributed by atoms with Gasteiger partial charge < -0.3 is 20.5 Å². The summed E-state index contributed by atoms with van der Waals surface area (Å²) in [4.78, 5) is 33.2. The first-order valence-electron chi connectivity index (χ1n) is 13.3. The maximum absolute atomic E-state index is 13.6. The van der Waals surface area contributed by atoms with Crippen LogP contribution in [0.5, 0.6) is 5.75 Å². The third-order valence-corrected chi connectivity index (χ3v) is 7.64. The molecule has 0 spiro atoms. The molecule has 1 aliphatic carbocycles. The Morgan fingerprint density at radius 2 is 1.85 bits per heavy atom. The number of hydrogen-bond acceptors (Lipinski definition) is 5. The molecule has 0 radical (unpaired) electrons. The average Bonchev–Trinajstić information content (AvgIpc) is 3.56. The third kappa shape index (κ3) is 4.88. The zero-order valence-electron chi connectivity index (χ0n) is 21.6. The number of nitrogens with zero attached hydrogens (tertiary/aromatic N) is 3. The summed E-state index contributed by atoms with van der Waals surface area (Å²) in [5.74, 6) is -1.79. The molecular formula is C30H28FN5O4. The molecule has 40 heavy (non-hydrogen) atoms. The Morgan fingerprint density at radius 1 is 1.07 bits per heavy atom. The minimum absolute atomic E-state index is 0.0190. The van der Waals surface area contributed by atoms with Crippen LogP contribution in [0, 0.1) is 5.82 Å². The van der Waals surface area contributed by atoms with Crippen LogP contribution < -0.4 is 5.32 Å². The number of aliphatic carboxylic acids is 1. The van der Waals surface area contributed by atoms with Gasteiger partial charge in [-0.2, -0.15) is 5.10 Å². The minimum Gasteiger partial charge on any atom is -0.508 e. The number of aromatic hydroxyl groups is 1. The molecule has 3 aromatic heterocycles. The van der Waals surface area contributed by atoms with Gasteiger partial charge in [0.1, 0.15) is 23.2 Å². The van der Waals surface area contributed by atoms with Crippen LogP contribution in [0.15, 0.2) is 60.9 Å². The topological polar surface area (TPSA) is 133 Å². The molecule has 0 unspecified atom stereocenters. The van der Waals surface area contributed by atoms with Crippen LogP contribution in [-0.2, 0) is 11.2 Å². The second kappa shape index (κ2) is 10.4. The summed E-state index contributed by atoms with van der Waals surface area (Å²) in [6, 6.07) is 11.6. The summed E-state index contributed by atoms with van der Waals surface area (Å²) < 4.78 is 15.3. The maximum atomic E-state index is 13.6. The molecule has 0 saturated heterocycles. The van der Waals surface area contributed by atoms with Crippen LogP contribution in [-0.4, -0.2) is 47.7 Å². The zero-order valence-corrected chi connectivity index (χ0v) is 21.6. The number of aromatic nitrogens is 4. The second-order valence-corrected chi connectivity index (χ2v) is 10.3. The number of phenols is 1. The molecule has 204 valence electrons. The first-order chi connectivity index (χ1) is 19.4. The highest BCUT2D eigenvalue weighted by Gasteiger charge is 2.28. The molecule has 3 heterocycles. The quantitative estimate of drug-likeness (QED) is 0.224. The van der Waals surface area contributed by atoms with Gasteiger partial charge in [0.15, 0.2) is 5.65 Å². The Hall–Kier alpha value is -4.73. The number of amides is 1. The number of carboxylic acids is 1. The molecule has 1 fully saturated rings. The van der Waals surface area contributed by atoms with E-state index in [2.05, 4.69) is 20.4 Å². The SMILES string of the molecule is O=C(N[C@@H](Cc1cc2cc(O)ccc2[nH]1)C(=O)O)c1cnn2c(C3CCCCC3)c(-c3ccc(F)cc3)cnc12. The molecular weight excluding hydrogens is 513 g/mol. The van der Waals surface area contributed by atoms with Crippen LogP contribution in [0.3, 0.4) is 0 Å². The van der Waals surface area contributed by atoms with Gasteiger partial charge in [0.25, 0.3) is 5.91 Å². The van der Waals surface area contributed by atoms with Crippen molar-refractivity contribution in [2.45, 2.75) is 50.5 Å². The predicted molar refractivity (Wildman–Crippen MR) is 147 cm³/mol. The van der Waals surface area contributed by atoms with Gasteiger partial charge in [-0.3, -0.25) is 4.79 Å². The summed E-state index contributed by atoms with van der Waals surface area (Å²) in [5.41, 5.74) is 4.45. The van der Waals surface area contributed by atoms with E-state index in [1.54, 1.807) is 47.1 Å². The number of hydrogen-bond donors (Lipinski definition) is 4. The number of halogens is 1. The fraction of sp³-hybridized carbons (Fsp3) is 0.267. The monoisotopic (exact) mass is 541 g/mol. The molecule has 1 aliphatic rings. The van der Waals surface area contributed by atoms with Gasteiger partial charge in [0.05, 0.1) is 11.9 Å². The van der Waals surface area contributed by atoms with Gasteiger partial charge in [-0.25, -0.2) is 18.7 Å². The molecule has 5 aromatic rings. The lowest BCUT2D eigenvalue weighted by Crippen LogP contribution is -2.42. The van der Waals surface area contributed by atoms with Crippen LogP contribution in [0.25, 0.3) is 27.7 Å². The Kier molecular flexibility index (Phi) is 6.67. The highest BCUT2D eigenvalue weighted by Crippen LogP contribution is 2.38. The fourth-order valence-electron chi connectivity index (χ4n) is 5.68. The molecule has 6 rings (SSSR count). The highest BCUT2D eigenvalue weighted by molar-refractivity contribution is 6.01. The average molecular weight is 542 g/mol. The van der Waals surface area contributed by atoms with Crippen molar-refractivity contribution in [1.29, 1.82) is 0 Å². The van der Waals surface area contributed by atoms with Crippen LogP contribution in [0.4, 0.5) is 4.39 Å². The van der Waals surface area contributed by atoms with Gasteiger partial charge >= 0.3 is 5.97 Å². The number of rotatable bonds is 7. The second-order valence-electron chi connectivity index (χ2n) is 10.3. The zero-order chi connectivity index (χ0) is 27.8. The van der Waals surface area contributed by atoms with Crippen molar-refractivity contribution < 1.29 is 24.2 Å². The van der Waals surface area contributed by atoms with Crippen molar-refractivity contribution in [3.8, 4) is 16.9 Å². The Bertz CT molecular complexity index is 1720. The molecule has 1 atom stereocenters. The van der Waals surface area contributed by atoms with E-state index in [1.165, 1.54) is 18.3 Å². The lowest BCUT2D eigenvalue weighted by Gasteiger charge is -2.25.